The molecule has 1 saturated carbocycles. The molecule has 1 aliphatic carbocycles. The monoisotopic (exact) mass is 341 g/mol. The lowest BCUT2D eigenvalue weighted by molar-refractivity contribution is -0.128. The molecule has 0 amide bonds. The van der Waals surface area contributed by atoms with Gasteiger partial charge in [0.25, 0.3) is 0 Å². The van der Waals surface area contributed by atoms with Gasteiger partial charge >= 0.3 is 0 Å². The Balaban J connectivity index is 2.16. The van der Waals surface area contributed by atoms with Gasteiger partial charge in [-0.15, -0.1) is 0 Å². The summed E-state index contributed by atoms with van der Waals surface area (Å²) in [6.07, 6.45) is 6.28. The molecule has 1 aromatic carbocycles. The first-order valence-electron chi connectivity index (χ1n) is 7.25. The van der Waals surface area contributed by atoms with E-state index in [0.717, 1.165) is 25.7 Å². The van der Waals surface area contributed by atoms with Crippen molar-refractivity contribution in [2.45, 2.75) is 44.9 Å². The predicted molar refractivity (Wildman–Crippen MR) is 82.0 cm³/mol. The first-order chi connectivity index (χ1) is 9.57. The summed E-state index contributed by atoms with van der Waals surface area (Å²) in [6, 6.07) is 4.86. The summed E-state index contributed by atoms with van der Waals surface area (Å²) in [6.45, 7) is 0.379. The van der Waals surface area contributed by atoms with Gasteiger partial charge in [-0.05, 0) is 30.5 Å². The Morgan fingerprint density at radius 2 is 1.90 bits per heavy atom. The van der Waals surface area contributed by atoms with Crippen molar-refractivity contribution in [2.24, 2.45) is 11.1 Å². The van der Waals surface area contributed by atoms with Crippen molar-refractivity contribution in [2.75, 3.05) is 6.54 Å². The van der Waals surface area contributed by atoms with E-state index in [2.05, 4.69) is 15.9 Å². The first-order valence-corrected chi connectivity index (χ1v) is 8.04. The highest BCUT2D eigenvalue weighted by Crippen LogP contribution is 2.36. The Morgan fingerprint density at radius 1 is 1.25 bits per heavy atom. The fourth-order valence-electron chi connectivity index (χ4n) is 3.03. The maximum absolute atomic E-state index is 13.9. The van der Waals surface area contributed by atoms with Crippen LogP contribution in [0.15, 0.2) is 22.7 Å². The van der Waals surface area contributed by atoms with Crippen molar-refractivity contribution in [3.05, 3.63) is 34.1 Å². The zero-order chi connectivity index (χ0) is 14.6. The summed E-state index contributed by atoms with van der Waals surface area (Å²) in [5, 5.41) is 0. The van der Waals surface area contributed by atoms with Gasteiger partial charge in [0.05, 0.1) is 0 Å². The Labute approximate surface area is 128 Å². The lowest BCUT2D eigenvalue weighted by Crippen LogP contribution is -2.39. The predicted octanol–water partition coefficient (Wildman–Crippen LogP) is 4.00. The first kappa shape index (κ1) is 15.6. The molecule has 0 bridgehead atoms. The van der Waals surface area contributed by atoms with Gasteiger partial charge in [0, 0.05) is 22.9 Å². The number of carbonyl (C=O) groups excluding carboxylic acids is 1. The highest BCUT2D eigenvalue weighted by molar-refractivity contribution is 9.10. The number of benzene rings is 1. The Bertz CT molecular complexity index is 481. The lowest BCUT2D eigenvalue weighted by Gasteiger charge is -2.29. The second-order valence-corrected chi connectivity index (χ2v) is 6.65. The molecule has 110 valence electrons. The molecule has 0 unspecified atom stereocenters. The van der Waals surface area contributed by atoms with Crippen LogP contribution in [-0.2, 0) is 11.2 Å². The largest absolute Gasteiger partial charge is 0.329 e. The van der Waals surface area contributed by atoms with E-state index in [1.165, 1.54) is 18.9 Å². The van der Waals surface area contributed by atoms with E-state index in [1.54, 1.807) is 12.1 Å². The molecule has 0 aromatic heterocycles. The van der Waals surface area contributed by atoms with Gasteiger partial charge in [-0.1, -0.05) is 47.7 Å². The molecule has 0 spiro atoms. The Kier molecular flexibility index (Phi) is 5.33. The van der Waals surface area contributed by atoms with E-state index in [-0.39, 0.29) is 18.0 Å². The summed E-state index contributed by atoms with van der Waals surface area (Å²) in [5.41, 5.74) is 5.94. The molecular formula is C16H21BrFNO. The van der Waals surface area contributed by atoms with Crippen LogP contribution in [0.4, 0.5) is 4.39 Å². The smallest absolute Gasteiger partial charge is 0.144 e. The van der Waals surface area contributed by atoms with E-state index >= 15 is 0 Å². The number of Topliss-reactive ketones (excluding diaryl/α,β-unsaturated/α-hetero) is 1. The SMILES string of the molecule is NCC1(C(=O)Cc2ccc(Br)cc2F)CCCCCC1. The number of hydrogen-bond donors (Lipinski definition) is 1. The van der Waals surface area contributed by atoms with E-state index in [9.17, 15) is 9.18 Å². The molecule has 0 atom stereocenters. The molecule has 1 aliphatic rings. The standard InChI is InChI=1S/C16H21BrFNO/c17-13-6-5-12(14(18)10-13)9-15(20)16(11-19)7-3-1-2-4-8-16/h5-6,10H,1-4,7-9,11,19H2. The maximum Gasteiger partial charge on any atom is 0.144 e. The van der Waals surface area contributed by atoms with Crippen LogP contribution < -0.4 is 5.73 Å². The molecule has 2 rings (SSSR count). The molecule has 2 N–H and O–H groups in total. The van der Waals surface area contributed by atoms with Crippen molar-refractivity contribution in [3.63, 3.8) is 0 Å². The third-order valence-corrected chi connectivity index (χ3v) is 4.90. The van der Waals surface area contributed by atoms with E-state index in [1.807, 2.05) is 0 Å². The topological polar surface area (TPSA) is 43.1 Å². The van der Waals surface area contributed by atoms with Crippen LogP contribution in [0.2, 0.25) is 0 Å². The number of hydrogen-bond acceptors (Lipinski definition) is 2. The lowest BCUT2D eigenvalue weighted by atomic mass is 9.74. The zero-order valence-corrected chi connectivity index (χ0v) is 13.2. The highest BCUT2D eigenvalue weighted by atomic mass is 79.9. The maximum atomic E-state index is 13.9. The van der Waals surface area contributed by atoms with Gasteiger partial charge in [-0.3, -0.25) is 4.79 Å². The summed E-state index contributed by atoms with van der Waals surface area (Å²) in [7, 11) is 0. The van der Waals surface area contributed by atoms with Crippen molar-refractivity contribution in [1.82, 2.24) is 0 Å². The fraction of sp³-hybridized carbons (Fsp3) is 0.562. The van der Waals surface area contributed by atoms with Crippen LogP contribution in [0.3, 0.4) is 0 Å². The van der Waals surface area contributed by atoms with Crippen LogP contribution in [0.5, 0.6) is 0 Å². The van der Waals surface area contributed by atoms with Gasteiger partial charge in [0.1, 0.15) is 11.6 Å². The van der Waals surface area contributed by atoms with E-state index in [4.69, 9.17) is 5.73 Å². The number of carbonyl (C=O) groups is 1. The second-order valence-electron chi connectivity index (χ2n) is 5.73. The average molecular weight is 342 g/mol. The van der Waals surface area contributed by atoms with Crippen LogP contribution in [0.25, 0.3) is 0 Å². The summed E-state index contributed by atoms with van der Waals surface area (Å²) < 4.78 is 14.6. The third kappa shape index (κ3) is 3.47. The minimum Gasteiger partial charge on any atom is -0.329 e. The quantitative estimate of drug-likeness (QED) is 0.841. The molecule has 0 radical (unpaired) electrons. The molecule has 0 heterocycles. The molecular weight excluding hydrogens is 321 g/mol. The van der Waals surface area contributed by atoms with Crippen molar-refractivity contribution >= 4 is 21.7 Å². The average Bonchev–Trinajstić information content (AvgIpc) is 2.68. The van der Waals surface area contributed by atoms with Crippen molar-refractivity contribution in [3.8, 4) is 0 Å². The molecule has 1 fully saturated rings. The molecule has 1 aromatic rings. The summed E-state index contributed by atoms with van der Waals surface area (Å²) >= 11 is 3.23. The van der Waals surface area contributed by atoms with Gasteiger partial charge < -0.3 is 5.73 Å². The van der Waals surface area contributed by atoms with Crippen molar-refractivity contribution in [1.29, 1.82) is 0 Å². The number of ketones is 1. The van der Waals surface area contributed by atoms with Gasteiger partial charge in [-0.25, -0.2) is 4.39 Å². The van der Waals surface area contributed by atoms with E-state index < -0.39 is 5.41 Å². The number of nitrogens with two attached hydrogens (primary N) is 1. The van der Waals surface area contributed by atoms with E-state index in [0.29, 0.717) is 16.6 Å². The zero-order valence-electron chi connectivity index (χ0n) is 11.6. The van der Waals surface area contributed by atoms with Crippen LogP contribution >= 0.6 is 15.9 Å². The normalized spacial score (nSPS) is 18.6. The highest BCUT2D eigenvalue weighted by Gasteiger charge is 2.36. The molecule has 4 heteroatoms. The Hall–Kier alpha value is -0.740. The fourth-order valence-corrected chi connectivity index (χ4v) is 3.36. The van der Waals surface area contributed by atoms with Crippen molar-refractivity contribution < 1.29 is 9.18 Å². The number of halogens is 2. The minimum absolute atomic E-state index is 0.100. The van der Waals surface area contributed by atoms with Gasteiger partial charge in [0.15, 0.2) is 0 Å². The molecule has 0 aliphatic heterocycles. The Morgan fingerprint density at radius 3 is 2.45 bits per heavy atom. The van der Waals surface area contributed by atoms with Crippen LogP contribution in [0, 0.1) is 11.2 Å². The molecule has 20 heavy (non-hydrogen) atoms. The third-order valence-electron chi connectivity index (χ3n) is 4.41. The van der Waals surface area contributed by atoms with Gasteiger partial charge in [-0.2, -0.15) is 0 Å². The van der Waals surface area contributed by atoms with Gasteiger partial charge in [0.2, 0.25) is 0 Å². The summed E-state index contributed by atoms with van der Waals surface area (Å²) in [4.78, 5) is 12.7. The number of rotatable bonds is 4. The molecule has 0 saturated heterocycles. The summed E-state index contributed by atoms with van der Waals surface area (Å²) in [5.74, 6) is -0.225. The van der Waals surface area contributed by atoms with Crippen LogP contribution in [0.1, 0.15) is 44.1 Å². The van der Waals surface area contributed by atoms with Crippen LogP contribution in [-0.4, -0.2) is 12.3 Å². The molecule has 2 nitrogen and oxygen atoms in total. The second kappa shape index (κ2) is 6.81. The minimum atomic E-state index is -0.435.